The van der Waals surface area contributed by atoms with E-state index in [1.807, 2.05) is 0 Å². The highest BCUT2D eigenvalue weighted by Crippen LogP contribution is 2.31. The number of hydrogen-bond acceptors (Lipinski definition) is 5. The Bertz CT molecular complexity index is 865. The lowest BCUT2D eigenvalue weighted by Crippen LogP contribution is -2.01. The Morgan fingerprint density at radius 2 is 2.00 bits per heavy atom. The second-order valence-electron chi connectivity index (χ2n) is 5.10. The molecular weight excluding hydrogens is 303 g/mol. The number of hydrogen-bond donors (Lipinski definition) is 2. The monoisotopic (exact) mass is 316 g/mol. The molecule has 6 nitrogen and oxygen atoms in total. The maximum atomic E-state index is 12.9. The van der Waals surface area contributed by atoms with Crippen LogP contribution in [0.15, 0.2) is 41.1 Å². The number of oxazole rings is 1. The predicted molar refractivity (Wildman–Crippen MR) is 77.9 cm³/mol. The molecule has 3 aromatic rings. The Morgan fingerprint density at radius 1 is 1.30 bits per heavy atom. The van der Waals surface area contributed by atoms with Gasteiger partial charge < -0.3 is 19.2 Å². The van der Waals surface area contributed by atoms with Crippen LogP contribution in [-0.4, -0.2) is 25.5 Å². The van der Waals surface area contributed by atoms with Crippen LogP contribution in [0, 0.1) is 5.82 Å². The number of carbonyl (C=O) groups excluding carboxylic acids is 1. The SMILES string of the molecule is Cn1cc(C(=O)c2nc(Cc3ccc(F)cc3)co2)c(O)c1O. The Labute approximate surface area is 130 Å². The van der Waals surface area contributed by atoms with E-state index >= 15 is 0 Å². The zero-order valence-corrected chi connectivity index (χ0v) is 12.2. The molecule has 0 atom stereocenters. The normalized spacial score (nSPS) is 10.9. The zero-order valence-electron chi connectivity index (χ0n) is 12.2. The van der Waals surface area contributed by atoms with Gasteiger partial charge in [0.05, 0.1) is 11.3 Å². The smallest absolute Gasteiger partial charge is 0.268 e. The number of benzene rings is 1. The molecule has 23 heavy (non-hydrogen) atoms. The van der Waals surface area contributed by atoms with Crippen molar-refractivity contribution in [2.45, 2.75) is 6.42 Å². The van der Waals surface area contributed by atoms with Gasteiger partial charge in [0, 0.05) is 19.7 Å². The summed E-state index contributed by atoms with van der Waals surface area (Å²) >= 11 is 0. The van der Waals surface area contributed by atoms with Crippen molar-refractivity contribution in [3.63, 3.8) is 0 Å². The summed E-state index contributed by atoms with van der Waals surface area (Å²) in [6, 6.07) is 5.91. The molecule has 0 fully saturated rings. The van der Waals surface area contributed by atoms with E-state index in [0.717, 1.165) is 5.56 Å². The molecule has 118 valence electrons. The van der Waals surface area contributed by atoms with Crippen molar-refractivity contribution in [2.75, 3.05) is 0 Å². The minimum atomic E-state index is -0.635. The molecule has 2 N–H and O–H groups in total. The number of rotatable bonds is 4. The van der Waals surface area contributed by atoms with Gasteiger partial charge in [-0.3, -0.25) is 4.79 Å². The highest BCUT2D eigenvalue weighted by atomic mass is 19.1. The fraction of sp³-hybridized carbons (Fsp3) is 0.125. The lowest BCUT2D eigenvalue weighted by atomic mass is 10.1. The number of nitrogens with zero attached hydrogens (tertiary/aromatic N) is 2. The van der Waals surface area contributed by atoms with Gasteiger partial charge in [-0.25, -0.2) is 9.37 Å². The van der Waals surface area contributed by atoms with Crippen LogP contribution in [0.3, 0.4) is 0 Å². The lowest BCUT2D eigenvalue weighted by Gasteiger charge is -1.96. The number of aromatic nitrogens is 2. The van der Waals surface area contributed by atoms with Crippen molar-refractivity contribution in [1.82, 2.24) is 9.55 Å². The summed E-state index contributed by atoms with van der Waals surface area (Å²) in [5, 5.41) is 19.2. The van der Waals surface area contributed by atoms with Gasteiger partial charge >= 0.3 is 0 Å². The number of ketones is 1. The van der Waals surface area contributed by atoms with Crippen LogP contribution in [0.25, 0.3) is 0 Å². The third kappa shape index (κ3) is 2.80. The first-order valence-corrected chi connectivity index (χ1v) is 6.76. The molecule has 7 heteroatoms. The summed E-state index contributed by atoms with van der Waals surface area (Å²) in [5.41, 5.74) is 1.22. The standard InChI is InChI=1S/C16H13FN2O4/c1-19-7-12(14(21)16(19)22)13(20)15-18-11(8-23-15)6-9-2-4-10(17)5-3-9/h2-5,7-8,21-22H,6H2,1H3. The number of halogens is 1. The molecule has 2 aromatic heterocycles. The van der Waals surface area contributed by atoms with E-state index in [-0.39, 0.29) is 17.3 Å². The van der Waals surface area contributed by atoms with E-state index in [4.69, 9.17) is 4.42 Å². The van der Waals surface area contributed by atoms with Crippen LogP contribution in [0.1, 0.15) is 27.5 Å². The van der Waals surface area contributed by atoms with Gasteiger partial charge in [-0.1, -0.05) is 12.1 Å². The van der Waals surface area contributed by atoms with E-state index < -0.39 is 17.4 Å². The molecule has 3 rings (SSSR count). The minimum Gasteiger partial charge on any atom is -0.503 e. The molecule has 0 saturated heterocycles. The topological polar surface area (TPSA) is 88.5 Å². The predicted octanol–water partition coefficient (Wildman–Crippen LogP) is 2.39. The Kier molecular flexibility index (Phi) is 3.61. The molecule has 0 aliphatic heterocycles. The van der Waals surface area contributed by atoms with Gasteiger partial charge in [0.25, 0.3) is 11.7 Å². The third-order valence-corrected chi connectivity index (χ3v) is 3.41. The summed E-state index contributed by atoms with van der Waals surface area (Å²) in [6.45, 7) is 0. The van der Waals surface area contributed by atoms with Crippen LogP contribution < -0.4 is 0 Å². The van der Waals surface area contributed by atoms with Gasteiger partial charge in [0.1, 0.15) is 12.1 Å². The van der Waals surface area contributed by atoms with Crippen LogP contribution in [0.5, 0.6) is 11.6 Å². The quantitative estimate of drug-likeness (QED) is 0.722. The van der Waals surface area contributed by atoms with Crippen LogP contribution in [0.2, 0.25) is 0 Å². The third-order valence-electron chi connectivity index (χ3n) is 3.41. The second-order valence-corrected chi connectivity index (χ2v) is 5.10. The van der Waals surface area contributed by atoms with E-state index in [2.05, 4.69) is 4.98 Å². The molecular formula is C16H13FN2O4. The van der Waals surface area contributed by atoms with Gasteiger partial charge in [-0.2, -0.15) is 0 Å². The largest absolute Gasteiger partial charge is 0.503 e. The second kappa shape index (κ2) is 5.60. The molecule has 0 bridgehead atoms. The maximum absolute atomic E-state index is 12.9. The van der Waals surface area contributed by atoms with Gasteiger partial charge in [0.15, 0.2) is 5.75 Å². The average molecular weight is 316 g/mol. The zero-order chi connectivity index (χ0) is 16.6. The van der Waals surface area contributed by atoms with E-state index in [0.29, 0.717) is 12.1 Å². The van der Waals surface area contributed by atoms with Crippen molar-refractivity contribution in [2.24, 2.45) is 7.05 Å². The van der Waals surface area contributed by atoms with Crippen molar-refractivity contribution in [1.29, 1.82) is 0 Å². The highest BCUT2D eigenvalue weighted by molar-refractivity contribution is 6.08. The number of carbonyl (C=O) groups is 1. The van der Waals surface area contributed by atoms with Crippen molar-refractivity contribution >= 4 is 5.78 Å². The summed E-state index contributed by atoms with van der Waals surface area (Å²) in [4.78, 5) is 16.3. The van der Waals surface area contributed by atoms with Gasteiger partial charge in [-0.05, 0) is 17.7 Å². The Morgan fingerprint density at radius 3 is 2.61 bits per heavy atom. The fourth-order valence-electron chi connectivity index (χ4n) is 2.19. The number of aryl methyl sites for hydroxylation is 1. The maximum Gasteiger partial charge on any atom is 0.268 e. The Hall–Kier alpha value is -3.09. The molecule has 1 aromatic carbocycles. The van der Waals surface area contributed by atoms with Gasteiger partial charge in [0.2, 0.25) is 5.88 Å². The van der Waals surface area contributed by atoms with Gasteiger partial charge in [-0.15, -0.1) is 0 Å². The molecule has 2 heterocycles. The van der Waals surface area contributed by atoms with Crippen LogP contribution >= 0.6 is 0 Å². The molecule has 0 amide bonds. The first-order valence-electron chi connectivity index (χ1n) is 6.76. The summed E-state index contributed by atoms with van der Waals surface area (Å²) in [7, 11) is 1.49. The lowest BCUT2D eigenvalue weighted by molar-refractivity contribution is 0.1000. The van der Waals surface area contributed by atoms with Crippen molar-refractivity contribution < 1.29 is 23.8 Å². The fourth-order valence-corrected chi connectivity index (χ4v) is 2.19. The molecule has 0 radical (unpaired) electrons. The molecule has 0 saturated carbocycles. The first kappa shape index (κ1) is 14.8. The number of aromatic hydroxyl groups is 2. The molecule has 0 aliphatic rings. The van der Waals surface area contributed by atoms with E-state index in [1.165, 1.54) is 36.2 Å². The molecule has 0 aliphatic carbocycles. The summed E-state index contributed by atoms with van der Waals surface area (Å²) in [6.07, 6.45) is 3.00. The van der Waals surface area contributed by atoms with Crippen molar-refractivity contribution in [3.05, 3.63) is 65.3 Å². The summed E-state index contributed by atoms with van der Waals surface area (Å²) < 4.78 is 19.2. The highest BCUT2D eigenvalue weighted by Gasteiger charge is 2.24. The van der Waals surface area contributed by atoms with E-state index in [1.54, 1.807) is 12.1 Å². The Balaban J connectivity index is 1.82. The first-order chi connectivity index (χ1) is 11.0. The van der Waals surface area contributed by atoms with Crippen LogP contribution in [0.4, 0.5) is 4.39 Å². The molecule has 0 spiro atoms. The van der Waals surface area contributed by atoms with Crippen LogP contribution in [-0.2, 0) is 13.5 Å². The minimum absolute atomic E-state index is 0.0971. The molecule has 0 unspecified atom stereocenters. The average Bonchev–Trinajstić information content (AvgIpc) is 3.10. The van der Waals surface area contributed by atoms with Crippen molar-refractivity contribution in [3.8, 4) is 11.6 Å². The van der Waals surface area contributed by atoms with E-state index in [9.17, 15) is 19.4 Å². The summed E-state index contributed by atoms with van der Waals surface area (Å²) in [5.74, 6) is -2.09.